The smallest absolute Gasteiger partial charge is 0.367 e. The lowest BCUT2D eigenvalue weighted by atomic mass is 10.0. The Morgan fingerprint density at radius 2 is 2.00 bits per heavy atom. The zero-order valence-corrected chi connectivity index (χ0v) is 14.2. The molecule has 0 bridgehead atoms. The molecule has 10 heteroatoms. The number of piperidine rings is 1. The van der Waals surface area contributed by atoms with Crippen LogP contribution in [0.25, 0.3) is 0 Å². The molecule has 0 aromatic carbocycles. The number of nitrogens with one attached hydrogen (secondary N) is 1. The monoisotopic (exact) mass is 368 g/mol. The van der Waals surface area contributed by atoms with Crippen molar-refractivity contribution in [1.29, 1.82) is 0 Å². The van der Waals surface area contributed by atoms with Crippen LogP contribution in [-0.2, 0) is 13.2 Å². The van der Waals surface area contributed by atoms with Gasteiger partial charge in [0.25, 0.3) is 5.56 Å². The first-order chi connectivity index (χ1) is 12.3. The topological polar surface area (TPSA) is 75.9 Å². The molecule has 140 valence electrons. The molecule has 1 fully saturated rings. The Kier molecular flexibility index (Phi) is 5.10. The number of hydrogen-bond donors (Lipinski definition) is 1. The Morgan fingerprint density at radius 3 is 2.65 bits per heavy atom. The van der Waals surface area contributed by atoms with Crippen molar-refractivity contribution in [2.24, 2.45) is 7.05 Å². The Labute approximate surface area is 147 Å². The van der Waals surface area contributed by atoms with Crippen LogP contribution in [0.5, 0.6) is 0 Å². The number of alkyl halides is 3. The van der Waals surface area contributed by atoms with E-state index in [1.165, 1.54) is 16.8 Å². The highest BCUT2D eigenvalue weighted by Crippen LogP contribution is 2.27. The van der Waals surface area contributed by atoms with E-state index in [0.29, 0.717) is 12.4 Å². The molecular weight excluding hydrogens is 349 g/mol. The van der Waals surface area contributed by atoms with Crippen LogP contribution in [-0.4, -0.2) is 39.1 Å². The van der Waals surface area contributed by atoms with Gasteiger partial charge in [-0.25, -0.2) is 4.68 Å². The Morgan fingerprint density at radius 1 is 1.19 bits per heavy atom. The van der Waals surface area contributed by atoms with Crippen LogP contribution < -0.4 is 15.8 Å². The molecule has 0 radical (unpaired) electrons. The maximum absolute atomic E-state index is 12.5. The second kappa shape index (κ2) is 7.30. The van der Waals surface area contributed by atoms with E-state index in [9.17, 15) is 18.0 Å². The van der Waals surface area contributed by atoms with Crippen molar-refractivity contribution < 1.29 is 13.2 Å². The number of aromatic nitrogens is 4. The molecule has 26 heavy (non-hydrogen) atoms. The van der Waals surface area contributed by atoms with Gasteiger partial charge in [-0.2, -0.15) is 18.3 Å². The third kappa shape index (κ3) is 4.12. The van der Waals surface area contributed by atoms with Crippen LogP contribution in [0.4, 0.5) is 24.8 Å². The third-order valence-corrected chi connectivity index (χ3v) is 4.34. The van der Waals surface area contributed by atoms with E-state index in [4.69, 9.17) is 0 Å². The zero-order chi connectivity index (χ0) is 18.7. The predicted molar refractivity (Wildman–Crippen MR) is 90.0 cm³/mol. The summed E-state index contributed by atoms with van der Waals surface area (Å²) in [6.45, 7) is 1.29. The van der Waals surface area contributed by atoms with Gasteiger partial charge in [0.15, 0.2) is 5.69 Å². The molecule has 0 saturated carbocycles. The van der Waals surface area contributed by atoms with Crippen molar-refractivity contribution in [3.05, 3.63) is 40.3 Å². The average molecular weight is 368 g/mol. The minimum absolute atomic E-state index is 0.0952. The van der Waals surface area contributed by atoms with Gasteiger partial charge in [-0.1, -0.05) is 0 Å². The van der Waals surface area contributed by atoms with E-state index in [1.807, 2.05) is 0 Å². The number of anilines is 2. The van der Waals surface area contributed by atoms with Gasteiger partial charge in [-0.15, -0.1) is 10.2 Å². The minimum Gasteiger partial charge on any atom is -0.367 e. The molecule has 2 aromatic rings. The van der Waals surface area contributed by atoms with Crippen molar-refractivity contribution in [2.45, 2.75) is 31.5 Å². The Bertz CT molecular complexity index is 805. The molecule has 1 aliphatic rings. The third-order valence-electron chi connectivity index (χ3n) is 4.34. The molecule has 1 saturated heterocycles. The maximum Gasteiger partial charge on any atom is 0.435 e. The minimum atomic E-state index is -4.50. The van der Waals surface area contributed by atoms with Gasteiger partial charge >= 0.3 is 6.18 Å². The molecule has 3 rings (SSSR count). The summed E-state index contributed by atoms with van der Waals surface area (Å²) in [6.07, 6.45) is -1.53. The number of halogens is 3. The van der Waals surface area contributed by atoms with Crippen molar-refractivity contribution >= 4 is 11.6 Å². The predicted octanol–water partition coefficient (Wildman–Crippen LogP) is 2.06. The summed E-state index contributed by atoms with van der Waals surface area (Å²) in [4.78, 5) is 13.6. The van der Waals surface area contributed by atoms with Gasteiger partial charge in [0.1, 0.15) is 11.6 Å². The molecule has 7 nitrogen and oxygen atoms in total. The summed E-state index contributed by atoms with van der Waals surface area (Å²) in [5.41, 5.74) is -1.20. The number of hydrogen-bond acceptors (Lipinski definition) is 6. The average Bonchev–Trinajstić information content (AvgIpc) is 2.62. The highest BCUT2D eigenvalue weighted by molar-refractivity contribution is 5.41. The van der Waals surface area contributed by atoms with Crippen LogP contribution in [0.3, 0.4) is 0 Å². The van der Waals surface area contributed by atoms with E-state index in [-0.39, 0.29) is 17.4 Å². The summed E-state index contributed by atoms with van der Waals surface area (Å²) in [7, 11) is 1.60. The lowest BCUT2D eigenvalue weighted by Gasteiger charge is -2.36. The fourth-order valence-electron chi connectivity index (χ4n) is 2.96. The Balaban J connectivity index is 1.69. The first-order valence-corrected chi connectivity index (χ1v) is 8.30. The van der Waals surface area contributed by atoms with E-state index < -0.39 is 11.9 Å². The SMILES string of the molecule is Cn1nc(N2CCCCC2CNc2ccc(C(F)(F)F)nn2)ccc1=O. The molecule has 2 aromatic heterocycles. The van der Waals surface area contributed by atoms with Gasteiger partial charge in [0, 0.05) is 32.2 Å². The van der Waals surface area contributed by atoms with Gasteiger partial charge in [0.2, 0.25) is 0 Å². The van der Waals surface area contributed by atoms with Gasteiger partial charge < -0.3 is 10.2 Å². The summed E-state index contributed by atoms with van der Waals surface area (Å²) in [6, 6.07) is 5.44. The van der Waals surface area contributed by atoms with E-state index in [1.54, 1.807) is 13.1 Å². The molecule has 1 N–H and O–H groups in total. The van der Waals surface area contributed by atoms with Crippen LogP contribution in [0.15, 0.2) is 29.1 Å². The van der Waals surface area contributed by atoms with Crippen molar-refractivity contribution in [3.63, 3.8) is 0 Å². The molecule has 1 aliphatic heterocycles. The van der Waals surface area contributed by atoms with Gasteiger partial charge in [-0.3, -0.25) is 4.79 Å². The largest absolute Gasteiger partial charge is 0.435 e. The van der Waals surface area contributed by atoms with E-state index in [2.05, 4.69) is 25.5 Å². The lowest BCUT2D eigenvalue weighted by molar-refractivity contribution is -0.141. The number of aryl methyl sites for hydroxylation is 1. The van der Waals surface area contributed by atoms with Gasteiger partial charge in [-0.05, 0) is 37.5 Å². The molecule has 1 unspecified atom stereocenters. The maximum atomic E-state index is 12.5. The molecule has 0 spiro atoms. The number of nitrogens with zero attached hydrogens (tertiary/aromatic N) is 5. The molecule has 1 atom stereocenters. The summed E-state index contributed by atoms with van der Waals surface area (Å²) < 4.78 is 38.9. The van der Waals surface area contributed by atoms with Crippen molar-refractivity contribution in [2.75, 3.05) is 23.3 Å². The highest BCUT2D eigenvalue weighted by Gasteiger charge is 2.33. The highest BCUT2D eigenvalue weighted by atomic mass is 19.4. The fraction of sp³-hybridized carbons (Fsp3) is 0.500. The molecule has 3 heterocycles. The van der Waals surface area contributed by atoms with E-state index >= 15 is 0 Å². The van der Waals surface area contributed by atoms with Crippen LogP contribution >= 0.6 is 0 Å². The molecule has 0 amide bonds. The Hall–Kier alpha value is -2.65. The number of rotatable bonds is 4. The normalized spacial score (nSPS) is 18.0. The zero-order valence-electron chi connectivity index (χ0n) is 14.2. The van der Waals surface area contributed by atoms with Gasteiger partial charge in [0.05, 0.1) is 0 Å². The standard InChI is InChI=1S/C16H19F3N6O/c1-24-15(26)8-7-14(23-24)25-9-3-2-4-11(25)10-20-13-6-5-12(21-22-13)16(17,18)19/h5-8,11H,2-4,9-10H2,1H3,(H,20,22). The van der Waals surface area contributed by atoms with Crippen LogP contribution in [0.1, 0.15) is 25.0 Å². The first-order valence-electron chi connectivity index (χ1n) is 8.30. The summed E-state index contributed by atoms with van der Waals surface area (Å²) >= 11 is 0. The summed E-state index contributed by atoms with van der Waals surface area (Å²) in [5.74, 6) is 0.994. The fourth-order valence-corrected chi connectivity index (χ4v) is 2.96. The van der Waals surface area contributed by atoms with Crippen molar-refractivity contribution in [3.8, 4) is 0 Å². The lowest BCUT2D eigenvalue weighted by Crippen LogP contribution is -2.45. The molecular formula is C16H19F3N6O. The first kappa shape index (κ1) is 18.2. The van der Waals surface area contributed by atoms with Crippen LogP contribution in [0, 0.1) is 0 Å². The van der Waals surface area contributed by atoms with Crippen molar-refractivity contribution in [1.82, 2.24) is 20.0 Å². The van der Waals surface area contributed by atoms with E-state index in [0.717, 1.165) is 31.9 Å². The quantitative estimate of drug-likeness (QED) is 0.890. The second-order valence-corrected chi connectivity index (χ2v) is 6.18. The van der Waals surface area contributed by atoms with Crippen LogP contribution in [0.2, 0.25) is 0 Å². The summed E-state index contributed by atoms with van der Waals surface area (Å²) in [5, 5.41) is 14.1. The molecule has 0 aliphatic carbocycles. The second-order valence-electron chi connectivity index (χ2n) is 6.18.